The molecule has 0 saturated carbocycles. The van der Waals surface area contributed by atoms with Crippen LogP contribution in [0.1, 0.15) is 95.1 Å². The molecule has 1 aromatic rings. The highest BCUT2D eigenvalue weighted by Crippen LogP contribution is 2.11. The zero-order valence-electron chi connectivity index (χ0n) is 15.7. The highest BCUT2D eigenvalue weighted by molar-refractivity contribution is 5.11. The summed E-state index contributed by atoms with van der Waals surface area (Å²) in [4.78, 5) is 0. The first-order chi connectivity index (χ1) is 10.7. The second kappa shape index (κ2) is 15.2. The molecule has 0 N–H and O–H groups in total. The molecular formula is C21H38BrN. The van der Waals surface area contributed by atoms with E-state index in [1.54, 1.807) is 0 Å². The van der Waals surface area contributed by atoms with Crippen LogP contribution in [0.2, 0.25) is 0 Å². The average Bonchev–Trinajstić information content (AvgIpc) is 2.47. The Morgan fingerprint density at radius 1 is 0.652 bits per heavy atom. The Morgan fingerprint density at radius 3 is 1.48 bits per heavy atom. The van der Waals surface area contributed by atoms with E-state index in [1.165, 1.54) is 94.7 Å². The van der Waals surface area contributed by atoms with Crippen LogP contribution >= 0.6 is 0 Å². The number of halogens is 1. The van der Waals surface area contributed by atoms with Crippen molar-refractivity contribution >= 4 is 0 Å². The third kappa shape index (κ3) is 12.7. The van der Waals surface area contributed by atoms with Crippen LogP contribution in [0, 0.1) is 13.8 Å². The molecule has 0 aliphatic carbocycles. The van der Waals surface area contributed by atoms with Gasteiger partial charge in [-0.25, -0.2) is 4.57 Å². The maximum Gasteiger partial charge on any atom is 0.171 e. The largest absolute Gasteiger partial charge is 1.00 e. The van der Waals surface area contributed by atoms with Crippen molar-refractivity contribution in [3.63, 3.8) is 0 Å². The first-order valence-corrected chi connectivity index (χ1v) is 9.69. The van der Waals surface area contributed by atoms with Gasteiger partial charge in [-0.15, -0.1) is 0 Å². The van der Waals surface area contributed by atoms with Crippen molar-refractivity contribution in [1.82, 2.24) is 0 Å². The first kappa shape index (κ1) is 22.6. The molecule has 23 heavy (non-hydrogen) atoms. The van der Waals surface area contributed by atoms with E-state index in [0.717, 1.165) is 0 Å². The topological polar surface area (TPSA) is 3.88 Å². The molecule has 0 saturated heterocycles. The molecule has 0 fully saturated rings. The van der Waals surface area contributed by atoms with Crippen LogP contribution < -0.4 is 21.5 Å². The van der Waals surface area contributed by atoms with E-state index in [1.807, 2.05) is 0 Å². The third-order valence-corrected chi connectivity index (χ3v) is 4.46. The van der Waals surface area contributed by atoms with Gasteiger partial charge < -0.3 is 17.0 Å². The Hall–Kier alpha value is -0.370. The van der Waals surface area contributed by atoms with E-state index >= 15 is 0 Å². The van der Waals surface area contributed by atoms with Gasteiger partial charge in [-0.3, -0.25) is 0 Å². The summed E-state index contributed by atoms with van der Waals surface area (Å²) in [5.74, 6) is 0. The van der Waals surface area contributed by atoms with Crippen LogP contribution in [0.5, 0.6) is 0 Å². The van der Waals surface area contributed by atoms with Gasteiger partial charge in [-0.1, -0.05) is 71.1 Å². The van der Waals surface area contributed by atoms with Crippen LogP contribution in [-0.4, -0.2) is 0 Å². The Labute approximate surface area is 155 Å². The SMILES string of the molecule is CCCCCCCCCCCCCC[n+]1cc(C)cc(C)c1.[Br-]. The summed E-state index contributed by atoms with van der Waals surface area (Å²) in [6, 6.07) is 2.25. The number of rotatable bonds is 13. The van der Waals surface area contributed by atoms with Crippen LogP contribution in [-0.2, 0) is 6.54 Å². The highest BCUT2D eigenvalue weighted by atomic mass is 79.9. The van der Waals surface area contributed by atoms with Gasteiger partial charge in [0.25, 0.3) is 0 Å². The lowest BCUT2D eigenvalue weighted by atomic mass is 10.1. The predicted molar refractivity (Wildman–Crippen MR) is 97.2 cm³/mol. The minimum Gasteiger partial charge on any atom is -1.00 e. The van der Waals surface area contributed by atoms with Crippen molar-refractivity contribution in [3.05, 3.63) is 29.6 Å². The normalized spacial score (nSPS) is 10.6. The number of hydrogen-bond acceptors (Lipinski definition) is 0. The summed E-state index contributed by atoms with van der Waals surface area (Å²) in [5, 5.41) is 0. The quantitative estimate of drug-likeness (QED) is 0.363. The Morgan fingerprint density at radius 2 is 1.04 bits per heavy atom. The molecule has 0 unspecified atom stereocenters. The second-order valence-corrected chi connectivity index (χ2v) is 7.02. The molecule has 0 aliphatic rings. The summed E-state index contributed by atoms with van der Waals surface area (Å²) in [7, 11) is 0. The lowest BCUT2D eigenvalue weighted by Gasteiger charge is -2.03. The zero-order chi connectivity index (χ0) is 16.0. The summed E-state index contributed by atoms with van der Waals surface area (Å²) < 4.78 is 2.36. The number of hydrogen-bond donors (Lipinski definition) is 0. The number of nitrogens with zero attached hydrogens (tertiary/aromatic N) is 1. The maximum atomic E-state index is 2.36. The standard InChI is InChI=1S/C21H38N.BrH/c1-4-5-6-7-8-9-10-11-12-13-14-15-16-22-18-20(2)17-21(3)19-22;/h17-19H,4-16H2,1-3H3;1H/q+1;/p-1. The summed E-state index contributed by atoms with van der Waals surface area (Å²) in [6.07, 6.45) is 21.6. The van der Waals surface area contributed by atoms with Crippen molar-refractivity contribution in [1.29, 1.82) is 0 Å². The van der Waals surface area contributed by atoms with Crippen molar-refractivity contribution in [2.75, 3.05) is 0 Å². The number of pyridine rings is 1. The van der Waals surface area contributed by atoms with E-state index in [-0.39, 0.29) is 17.0 Å². The number of aryl methyl sites for hydroxylation is 3. The van der Waals surface area contributed by atoms with Crippen LogP contribution in [0.15, 0.2) is 18.5 Å². The highest BCUT2D eigenvalue weighted by Gasteiger charge is 2.02. The molecule has 0 radical (unpaired) electrons. The van der Waals surface area contributed by atoms with E-state index in [9.17, 15) is 0 Å². The van der Waals surface area contributed by atoms with Crippen LogP contribution in [0.3, 0.4) is 0 Å². The Balaban J connectivity index is 0.00000484. The monoisotopic (exact) mass is 383 g/mol. The van der Waals surface area contributed by atoms with Gasteiger partial charge in [0.1, 0.15) is 6.54 Å². The van der Waals surface area contributed by atoms with E-state index in [2.05, 4.69) is 43.8 Å². The molecule has 1 aromatic heterocycles. The molecule has 0 spiro atoms. The molecule has 1 rings (SSSR count). The lowest BCUT2D eigenvalue weighted by Crippen LogP contribution is -3.00. The van der Waals surface area contributed by atoms with Gasteiger partial charge in [-0.2, -0.15) is 0 Å². The fourth-order valence-electron chi connectivity index (χ4n) is 3.26. The molecule has 134 valence electrons. The van der Waals surface area contributed by atoms with Crippen molar-refractivity contribution in [3.8, 4) is 0 Å². The lowest BCUT2D eigenvalue weighted by molar-refractivity contribution is -0.698. The van der Waals surface area contributed by atoms with Gasteiger partial charge in [0, 0.05) is 17.5 Å². The molecular weight excluding hydrogens is 346 g/mol. The number of unbranched alkanes of at least 4 members (excludes halogenated alkanes) is 11. The van der Waals surface area contributed by atoms with Crippen molar-refractivity contribution in [2.45, 2.75) is 104 Å². The van der Waals surface area contributed by atoms with E-state index in [4.69, 9.17) is 0 Å². The van der Waals surface area contributed by atoms with Gasteiger partial charge >= 0.3 is 0 Å². The van der Waals surface area contributed by atoms with Crippen molar-refractivity contribution in [2.24, 2.45) is 0 Å². The molecule has 2 heteroatoms. The minimum atomic E-state index is 0. The van der Waals surface area contributed by atoms with E-state index < -0.39 is 0 Å². The van der Waals surface area contributed by atoms with Crippen LogP contribution in [0.25, 0.3) is 0 Å². The molecule has 0 atom stereocenters. The van der Waals surface area contributed by atoms with Gasteiger partial charge in [0.2, 0.25) is 0 Å². The summed E-state index contributed by atoms with van der Waals surface area (Å²) in [6.45, 7) is 7.84. The average molecular weight is 384 g/mol. The fourth-order valence-corrected chi connectivity index (χ4v) is 3.26. The van der Waals surface area contributed by atoms with Crippen molar-refractivity contribution < 1.29 is 21.5 Å². The number of aromatic nitrogens is 1. The minimum absolute atomic E-state index is 0. The third-order valence-electron chi connectivity index (χ3n) is 4.46. The molecule has 0 aromatic carbocycles. The van der Waals surface area contributed by atoms with Gasteiger partial charge in [-0.05, 0) is 26.3 Å². The van der Waals surface area contributed by atoms with Gasteiger partial charge in [0.15, 0.2) is 12.4 Å². The van der Waals surface area contributed by atoms with E-state index in [0.29, 0.717) is 0 Å². The molecule has 1 nitrogen and oxygen atoms in total. The fraction of sp³-hybridized carbons (Fsp3) is 0.762. The zero-order valence-corrected chi connectivity index (χ0v) is 17.3. The maximum absolute atomic E-state index is 2.36. The molecule has 0 bridgehead atoms. The smallest absolute Gasteiger partial charge is 0.171 e. The van der Waals surface area contributed by atoms with Gasteiger partial charge in [0.05, 0.1) is 0 Å². The molecule has 1 heterocycles. The Bertz CT molecular complexity index is 369. The predicted octanol–water partition coefficient (Wildman–Crippen LogP) is 3.30. The summed E-state index contributed by atoms with van der Waals surface area (Å²) >= 11 is 0. The Kier molecular flexibility index (Phi) is 14.9. The summed E-state index contributed by atoms with van der Waals surface area (Å²) in [5.41, 5.74) is 2.75. The van der Waals surface area contributed by atoms with Crippen LogP contribution in [0.4, 0.5) is 0 Å². The molecule has 0 aliphatic heterocycles. The first-order valence-electron chi connectivity index (χ1n) is 9.69. The molecule has 0 amide bonds. The second-order valence-electron chi connectivity index (χ2n) is 7.02.